The van der Waals surface area contributed by atoms with Gasteiger partial charge < -0.3 is 11.1 Å². The number of nitrogens with one attached hydrogen (secondary N) is 1. The van der Waals surface area contributed by atoms with Crippen LogP contribution in [0.1, 0.15) is 52.9 Å². The second-order valence-corrected chi connectivity index (χ2v) is 7.47. The third-order valence-corrected chi connectivity index (χ3v) is 6.05. The topological polar surface area (TPSA) is 72.2 Å². The van der Waals surface area contributed by atoms with Crippen molar-refractivity contribution < 1.29 is 9.59 Å². The molecular formula is C16H26N2O2S. The van der Waals surface area contributed by atoms with Crippen molar-refractivity contribution in [2.75, 3.05) is 0 Å². The summed E-state index contributed by atoms with van der Waals surface area (Å²) in [4.78, 5) is 25.5. The highest BCUT2D eigenvalue weighted by Crippen LogP contribution is 2.49. The lowest BCUT2D eigenvalue weighted by molar-refractivity contribution is -0.126. The minimum Gasteiger partial charge on any atom is -0.369 e. The van der Waals surface area contributed by atoms with E-state index in [0.29, 0.717) is 5.92 Å². The van der Waals surface area contributed by atoms with Crippen LogP contribution in [-0.4, -0.2) is 17.2 Å². The molecule has 4 nitrogen and oxygen atoms in total. The van der Waals surface area contributed by atoms with Crippen LogP contribution in [0.4, 0.5) is 0 Å². The summed E-state index contributed by atoms with van der Waals surface area (Å²) in [6, 6.07) is 0. The Labute approximate surface area is 131 Å². The number of carbonyl (C=O) groups excluding carboxylic acids is 2. The lowest BCUT2D eigenvalue weighted by atomic mass is 9.84. The van der Waals surface area contributed by atoms with E-state index >= 15 is 0 Å². The van der Waals surface area contributed by atoms with E-state index in [0.717, 1.165) is 32.1 Å². The molecule has 5 heteroatoms. The number of nitrogens with two attached hydrogens (primary N) is 1. The van der Waals surface area contributed by atoms with Gasteiger partial charge in [0.05, 0.1) is 11.3 Å². The molecule has 2 aliphatic rings. The molecule has 1 heterocycles. The lowest BCUT2D eigenvalue weighted by Crippen LogP contribution is -2.44. The van der Waals surface area contributed by atoms with E-state index in [9.17, 15) is 9.59 Å². The molecule has 2 amide bonds. The Bertz CT molecular complexity index is 457. The zero-order chi connectivity index (χ0) is 15.6. The normalized spacial score (nSPS) is 28.7. The Morgan fingerprint density at radius 2 is 2.05 bits per heavy atom. The van der Waals surface area contributed by atoms with Gasteiger partial charge in [-0.3, -0.25) is 9.59 Å². The van der Waals surface area contributed by atoms with E-state index in [2.05, 4.69) is 12.2 Å². The van der Waals surface area contributed by atoms with Crippen molar-refractivity contribution in [1.29, 1.82) is 0 Å². The number of carbonyl (C=O) groups is 2. The summed E-state index contributed by atoms with van der Waals surface area (Å²) in [5.41, 5.74) is 6.79. The molecule has 0 saturated carbocycles. The van der Waals surface area contributed by atoms with Crippen LogP contribution in [0.25, 0.3) is 0 Å². The molecular weight excluding hydrogens is 284 g/mol. The van der Waals surface area contributed by atoms with Gasteiger partial charge in [0.15, 0.2) is 0 Å². The van der Waals surface area contributed by atoms with Gasteiger partial charge >= 0.3 is 0 Å². The predicted molar refractivity (Wildman–Crippen MR) is 86.3 cm³/mol. The van der Waals surface area contributed by atoms with E-state index in [1.807, 2.05) is 13.8 Å². The highest BCUT2D eigenvalue weighted by molar-refractivity contribution is 8.04. The van der Waals surface area contributed by atoms with E-state index in [4.69, 9.17) is 5.73 Å². The molecule has 3 N–H and O–H groups in total. The van der Waals surface area contributed by atoms with Crippen LogP contribution in [0, 0.1) is 17.8 Å². The van der Waals surface area contributed by atoms with Crippen molar-refractivity contribution in [2.24, 2.45) is 23.5 Å². The minimum absolute atomic E-state index is 0.0238. The van der Waals surface area contributed by atoms with Gasteiger partial charge in [0.1, 0.15) is 0 Å². The first-order valence-electron chi connectivity index (χ1n) is 7.96. The average molecular weight is 310 g/mol. The first-order chi connectivity index (χ1) is 9.97. The molecule has 1 aliphatic carbocycles. The first kappa shape index (κ1) is 16.4. The fraction of sp³-hybridized carbons (Fsp3) is 0.750. The molecule has 0 aromatic carbocycles. The van der Waals surface area contributed by atoms with E-state index in [1.165, 1.54) is 10.5 Å². The van der Waals surface area contributed by atoms with Gasteiger partial charge in [-0.1, -0.05) is 20.8 Å². The molecule has 3 unspecified atom stereocenters. The van der Waals surface area contributed by atoms with Crippen LogP contribution in [0.2, 0.25) is 0 Å². The minimum atomic E-state index is -0.323. The molecule has 2 rings (SSSR count). The Kier molecular flexibility index (Phi) is 5.36. The van der Waals surface area contributed by atoms with Crippen molar-refractivity contribution in [3.63, 3.8) is 0 Å². The van der Waals surface area contributed by atoms with Gasteiger partial charge in [-0.25, -0.2) is 0 Å². The summed E-state index contributed by atoms with van der Waals surface area (Å²) in [6.45, 7) is 6.28. The van der Waals surface area contributed by atoms with Gasteiger partial charge in [0, 0.05) is 5.92 Å². The second kappa shape index (κ2) is 6.86. The molecule has 0 saturated heterocycles. The number of hydrogen-bond donors (Lipinski definition) is 2. The lowest BCUT2D eigenvalue weighted by Gasteiger charge is -2.23. The van der Waals surface area contributed by atoms with Crippen molar-refractivity contribution in [3.05, 3.63) is 10.5 Å². The molecule has 118 valence electrons. The predicted octanol–water partition coefficient (Wildman–Crippen LogP) is 2.79. The maximum atomic E-state index is 12.3. The Hall–Kier alpha value is -0.970. The fourth-order valence-electron chi connectivity index (χ4n) is 3.30. The number of rotatable bonds is 5. The summed E-state index contributed by atoms with van der Waals surface area (Å²) >= 11 is 1.65. The maximum absolute atomic E-state index is 12.3. The molecule has 0 bridgehead atoms. The van der Waals surface area contributed by atoms with Gasteiger partial charge in [-0.15, -0.1) is 11.8 Å². The largest absolute Gasteiger partial charge is 0.369 e. The maximum Gasteiger partial charge on any atom is 0.227 e. The highest BCUT2D eigenvalue weighted by Gasteiger charge is 2.41. The Morgan fingerprint density at radius 1 is 1.38 bits per heavy atom. The van der Waals surface area contributed by atoms with Crippen LogP contribution in [0.15, 0.2) is 10.5 Å². The molecule has 0 fully saturated rings. The zero-order valence-electron chi connectivity index (χ0n) is 13.1. The molecule has 1 aliphatic heterocycles. The summed E-state index contributed by atoms with van der Waals surface area (Å²) in [5, 5.41) is 2.86. The molecule has 0 spiro atoms. The monoisotopic (exact) mass is 310 g/mol. The van der Waals surface area contributed by atoms with Crippen LogP contribution in [0.3, 0.4) is 0 Å². The van der Waals surface area contributed by atoms with Crippen molar-refractivity contribution in [3.8, 4) is 0 Å². The third kappa shape index (κ3) is 3.44. The summed E-state index contributed by atoms with van der Waals surface area (Å²) in [5.74, 6) is 0.0956. The van der Waals surface area contributed by atoms with Crippen molar-refractivity contribution in [1.82, 2.24) is 5.32 Å². The van der Waals surface area contributed by atoms with Gasteiger partial charge in [-0.05, 0) is 48.5 Å². The van der Waals surface area contributed by atoms with Crippen LogP contribution in [0.5, 0.6) is 0 Å². The van der Waals surface area contributed by atoms with Crippen molar-refractivity contribution >= 4 is 23.6 Å². The smallest absolute Gasteiger partial charge is 0.227 e. The Balaban J connectivity index is 2.11. The number of primary amides is 1. The average Bonchev–Trinajstić information content (AvgIpc) is 2.76. The summed E-state index contributed by atoms with van der Waals surface area (Å²) in [7, 11) is 0. The van der Waals surface area contributed by atoms with Gasteiger partial charge in [0.25, 0.3) is 0 Å². The number of allylic oxidation sites excluding steroid dienone is 1. The fourth-order valence-corrected chi connectivity index (χ4v) is 4.98. The highest BCUT2D eigenvalue weighted by atomic mass is 32.2. The molecule has 0 aromatic rings. The molecule has 0 aromatic heterocycles. The van der Waals surface area contributed by atoms with Crippen LogP contribution >= 0.6 is 11.8 Å². The third-order valence-electron chi connectivity index (χ3n) is 4.69. The van der Waals surface area contributed by atoms with Crippen LogP contribution in [-0.2, 0) is 9.59 Å². The quantitative estimate of drug-likeness (QED) is 0.820. The van der Waals surface area contributed by atoms with Crippen LogP contribution < -0.4 is 11.1 Å². The zero-order valence-corrected chi connectivity index (χ0v) is 14.0. The number of amides is 2. The summed E-state index contributed by atoms with van der Waals surface area (Å²) in [6.07, 6.45) is 4.71. The second-order valence-electron chi connectivity index (χ2n) is 6.24. The van der Waals surface area contributed by atoms with E-state index in [-0.39, 0.29) is 29.0 Å². The first-order valence-corrected chi connectivity index (χ1v) is 8.84. The van der Waals surface area contributed by atoms with Crippen molar-refractivity contribution in [2.45, 2.75) is 58.2 Å². The molecule has 0 radical (unpaired) electrons. The Morgan fingerprint density at radius 3 is 2.62 bits per heavy atom. The summed E-state index contributed by atoms with van der Waals surface area (Å²) < 4.78 is 0. The van der Waals surface area contributed by atoms with E-state index < -0.39 is 0 Å². The van der Waals surface area contributed by atoms with E-state index in [1.54, 1.807) is 11.8 Å². The number of thioether (sulfide) groups is 1. The SMILES string of the molecule is CCC(CC)C(=O)NC1SC2=C(CCC(C)C2)C1C(N)=O. The standard InChI is InChI=1S/C16H26N2O2S/c1-4-10(5-2)15(20)18-16-13(14(17)19)11-7-6-9(3)8-12(11)21-16/h9-10,13,16H,4-8H2,1-3H3,(H2,17,19)(H,18,20). The molecule has 3 atom stereocenters. The number of hydrogen-bond acceptors (Lipinski definition) is 3. The molecule has 21 heavy (non-hydrogen) atoms. The van der Waals surface area contributed by atoms with Gasteiger partial charge in [-0.2, -0.15) is 0 Å². The van der Waals surface area contributed by atoms with Gasteiger partial charge in [0.2, 0.25) is 11.8 Å².